The fourth-order valence-electron chi connectivity index (χ4n) is 3.29. The second kappa shape index (κ2) is 6.88. The van der Waals surface area contributed by atoms with Gasteiger partial charge in [0.15, 0.2) is 5.78 Å². The first kappa shape index (κ1) is 18.9. The molecule has 0 spiro atoms. The van der Waals surface area contributed by atoms with E-state index in [0.29, 0.717) is 5.56 Å². The van der Waals surface area contributed by atoms with Gasteiger partial charge in [0.1, 0.15) is 26.8 Å². The van der Waals surface area contributed by atoms with Crippen molar-refractivity contribution in [1.82, 2.24) is 0 Å². The number of amides is 1. The monoisotopic (exact) mass is 435 g/mol. The van der Waals surface area contributed by atoms with E-state index in [1.54, 1.807) is 30.3 Å². The van der Waals surface area contributed by atoms with E-state index in [4.69, 9.17) is 23.4 Å². The Morgan fingerprint density at radius 1 is 1.11 bits per heavy atom. The van der Waals surface area contributed by atoms with Crippen LogP contribution in [0.5, 0.6) is 5.75 Å². The lowest BCUT2D eigenvalue weighted by atomic mass is 9.85. The second-order valence-corrected chi connectivity index (χ2v) is 8.27. The number of hydrogen-bond donors (Lipinski definition) is 1. The molecule has 0 radical (unpaired) electrons. The highest BCUT2D eigenvalue weighted by atomic mass is 35.5. The van der Waals surface area contributed by atoms with Gasteiger partial charge in [-0.3, -0.25) is 9.59 Å². The lowest BCUT2D eigenvalue weighted by molar-refractivity contribution is -0.118. The molecular formula is C20H12Cl2FNO3S. The number of Topliss-reactive ketones (excluding diaryl/α,β-unsaturated/α-hetero) is 1. The van der Waals surface area contributed by atoms with Gasteiger partial charge < -0.3 is 5.11 Å². The average Bonchev–Trinajstić information content (AvgIpc) is 3.03. The Morgan fingerprint density at radius 3 is 2.46 bits per heavy atom. The quantitative estimate of drug-likeness (QED) is 0.415. The predicted octanol–water partition coefficient (Wildman–Crippen LogP) is 5.69. The molecule has 142 valence electrons. The highest BCUT2D eigenvalue weighted by molar-refractivity contribution is 7.21. The highest BCUT2D eigenvalue weighted by Gasteiger charge is 2.44. The van der Waals surface area contributed by atoms with E-state index in [1.807, 2.05) is 0 Å². The number of phenols is 1. The number of aromatic hydroxyl groups is 1. The number of carbonyl (C=O) groups excluding carboxylic acids is 2. The Labute approximate surface area is 173 Å². The number of hydrogen-bond acceptors (Lipinski definition) is 4. The van der Waals surface area contributed by atoms with Crippen molar-refractivity contribution in [2.75, 3.05) is 4.42 Å². The van der Waals surface area contributed by atoms with Crippen LogP contribution in [0.4, 0.5) is 9.39 Å². The van der Waals surface area contributed by atoms with E-state index in [0.717, 1.165) is 15.8 Å². The number of rotatable bonds is 2. The Hall–Kier alpha value is -2.41. The number of carbonyl (C=O) groups is 2. The number of halogens is 3. The van der Waals surface area contributed by atoms with Crippen LogP contribution in [0.1, 0.15) is 27.4 Å². The van der Waals surface area contributed by atoms with Crippen molar-refractivity contribution < 1.29 is 19.1 Å². The average molecular weight is 436 g/mol. The summed E-state index contributed by atoms with van der Waals surface area (Å²) in [6.07, 6.45) is 0. The Kier molecular flexibility index (Phi) is 4.65. The van der Waals surface area contributed by atoms with Gasteiger partial charge in [-0.25, -0.2) is 8.81 Å². The van der Waals surface area contributed by atoms with Crippen molar-refractivity contribution in [1.29, 1.82) is 0 Å². The maximum Gasteiger partial charge on any atom is 0.257 e. The summed E-state index contributed by atoms with van der Waals surface area (Å²) in [5, 5.41) is 10.6. The van der Waals surface area contributed by atoms with Crippen LogP contribution < -0.4 is 4.42 Å². The van der Waals surface area contributed by atoms with E-state index in [2.05, 4.69) is 0 Å². The van der Waals surface area contributed by atoms with Gasteiger partial charge in [0, 0.05) is 28.5 Å². The largest absolute Gasteiger partial charge is 0.507 e. The van der Waals surface area contributed by atoms with E-state index in [-0.39, 0.29) is 37.3 Å². The molecule has 3 aromatic rings. The van der Waals surface area contributed by atoms with Crippen LogP contribution in [0.15, 0.2) is 42.5 Å². The Balaban J connectivity index is 1.97. The molecule has 2 aromatic carbocycles. The minimum Gasteiger partial charge on any atom is -0.507 e. The maximum absolute atomic E-state index is 13.8. The molecule has 28 heavy (non-hydrogen) atoms. The van der Waals surface area contributed by atoms with Crippen molar-refractivity contribution >= 4 is 51.4 Å². The number of thiophene rings is 1. The van der Waals surface area contributed by atoms with Crippen LogP contribution in [-0.4, -0.2) is 16.8 Å². The van der Waals surface area contributed by atoms with Gasteiger partial charge in [0.25, 0.3) is 5.91 Å². The minimum absolute atomic E-state index is 0.0372. The number of anilines is 1. The van der Waals surface area contributed by atoms with E-state index < -0.39 is 23.4 Å². The molecule has 1 N–H and O–H groups in total. The Morgan fingerprint density at radius 2 is 1.79 bits per heavy atom. The predicted molar refractivity (Wildman–Crippen MR) is 108 cm³/mol. The third-order valence-corrected chi connectivity index (χ3v) is 6.56. The zero-order valence-electron chi connectivity index (χ0n) is 14.4. The van der Waals surface area contributed by atoms with Crippen LogP contribution in [0, 0.1) is 12.7 Å². The molecule has 0 fully saturated rings. The summed E-state index contributed by atoms with van der Waals surface area (Å²) in [7, 11) is 0. The summed E-state index contributed by atoms with van der Waals surface area (Å²) in [4.78, 5) is 26.1. The molecule has 1 unspecified atom stereocenters. The summed E-state index contributed by atoms with van der Waals surface area (Å²) >= 11 is 13.6. The van der Waals surface area contributed by atoms with Gasteiger partial charge >= 0.3 is 0 Å². The van der Waals surface area contributed by atoms with Crippen LogP contribution in [-0.2, 0) is 4.79 Å². The third kappa shape index (κ3) is 2.71. The zero-order chi connectivity index (χ0) is 20.2. The summed E-state index contributed by atoms with van der Waals surface area (Å²) in [5.41, 5.74) is 1.13. The molecule has 0 aliphatic carbocycles. The van der Waals surface area contributed by atoms with Crippen molar-refractivity contribution in [3.05, 3.63) is 69.3 Å². The molecule has 0 saturated carbocycles. The van der Waals surface area contributed by atoms with E-state index in [9.17, 15) is 19.1 Å². The van der Waals surface area contributed by atoms with Crippen LogP contribution in [0.3, 0.4) is 0 Å². The molecule has 4 rings (SSSR count). The van der Waals surface area contributed by atoms with Crippen LogP contribution >= 0.6 is 34.7 Å². The zero-order valence-corrected chi connectivity index (χ0v) is 16.7. The first-order valence-corrected chi connectivity index (χ1v) is 9.75. The standard InChI is InChI=1S/C20H12Cl2FNO3S/c1-9-12(23)8-7-11(16(9)25)14-15-17(26)13(10-5-3-2-4-6-10)19(27)24(22)20(15)28-18(14)21/h2-8,13,25H,1H3. The number of fused-ring (bicyclic) bond motifs is 1. The van der Waals surface area contributed by atoms with Crippen molar-refractivity contribution in [2.45, 2.75) is 12.8 Å². The van der Waals surface area contributed by atoms with Crippen LogP contribution in [0.25, 0.3) is 11.1 Å². The molecular weight excluding hydrogens is 424 g/mol. The number of benzene rings is 2. The van der Waals surface area contributed by atoms with Crippen molar-refractivity contribution in [2.24, 2.45) is 0 Å². The summed E-state index contributed by atoms with van der Waals surface area (Å²) < 4.78 is 14.8. The SMILES string of the molecule is Cc1c(F)ccc(-c2c(Cl)sc3c2C(=O)C(c2ccccc2)C(=O)N3Cl)c1O. The molecule has 8 heteroatoms. The maximum atomic E-state index is 13.8. The van der Waals surface area contributed by atoms with Crippen molar-refractivity contribution in [3.8, 4) is 16.9 Å². The highest BCUT2D eigenvalue weighted by Crippen LogP contribution is 2.52. The summed E-state index contributed by atoms with van der Waals surface area (Å²) in [6.45, 7) is 1.42. The van der Waals surface area contributed by atoms with Gasteiger partial charge in [-0.1, -0.05) is 41.9 Å². The summed E-state index contributed by atoms with van der Waals surface area (Å²) in [5.74, 6) is -3.06. The van der Waals surface area contributed by atoms with Gasteiger partial charge in [0.2, 0.25) is 0 Å². The normalized spacial score (nSPS) is 16.4. The topological polar surface area (TPSA) is 57.6 Å². The van der Waals surface area contributed by atoms with E-state index in [1.165, 1.54) is 19.1 Å². The lowest BCUT2D eigenvalue weighted by Gasteiger charge is -2.26. The van der Waals surface area contributed by atoms with Crippen LogP contribution in [0.2, 0.25) is 4.34 Å². The molecule has 0 bridgehead atoms. The summed E-state index contributed by atoms with van der Waals surface area (Å²) in [6, 6.07) is 11.1. The first-order chi connectivity index (χ1) is 13.3. The van der Waals surface area contributed by atoms with Gasteiger partial charge in [-0.15, -0.1) is 11.3 Å². The molecule has 4 nitrogen and oxygen atoms in total. The van der Waals surface area contributed by atoms with Gasteiger partial charge in [0.05, 0.1) is 5.56 Å². The minimum atomic E-state index is -1.13. The Bertz CT molecular complexity index is 1130. The molecule has 1 aliphatic rings. The molecule has 1 amide bonds. The first-order valence-electron chi connectivity index (χ1n) is 8.22. The fraction of sp³-hybridized carbons (Fsp3) is 0.100. The van der Waals surface area contributed by atoms with E-state index >= 15 is 0 Å². The number of phenolic OH excluding ortho intramolecular Hbond substituents is 1. The smallest absolute Gasteiger partial charge is 0.257 e. The van der Waals surface area contributed by atoms with Crippen molar-refractivity contribution in [3.63, 3.8) is 0 Å². The number of ketones is 1. The molecule has 0 saturated heterocycles. The molecule has 1 aromatic heterocycles. The molecule has 2 heterocycles. The lowest BCUT2D eigenvalue weighted by Crippen LogP contribution is -2.37. The fourth-order valence-corrected chi connectivity index (χ4v) is 4.95. The second-order valence-electron chi connectivity index (χ2n) is 6.33. The molecule has 1 atom stereocenters. The van der Waals surface area contributed by atoms with Gasteiger partial charge in [-0.05, 0) is 24.6 Å². The number of nitrogens with zero attached hydrogens (tertiary/aromatic N) is 1. The third-order valence-electron chi connectivity index (χ3n) is 4.74. The molecule has 1 aliphatic heterocycles. The van der Waals surface area contributed by atoms with Gasteiger partial charge in [-0.2, -0.15) is 0 Å².